The molecule has 5 nitrogen and oxygen atoms in total. The van der Waals surface area contributed by atoms with Crippen LogP contribution in [0.2, 0.25) is 0 Å². The molecule has 0 fully saturated rings. The number of sulfonamides is 1. The van der Waals surface area contributed by atoms with Gasteiger partial charge in [0.15, 0.2) is 5.03 Å². The predicted molar refractivity (Wildman–Crippen MR) is 67.0 cm³/mol. The number of nitrogens with one attached hydrogen (secondary N) is 1. The van der Waals surface area contributed by atoms with Crippen LogP contribution in [-0.4, -0.2) is 18.4 Å². The largest absolute Gasteiger partial charge is 0.279 e. The Morgan fingerprint density at radius 3 is 2.59 bits per heavy atom. The van der Waals surface area contributed by atoms with Crippen molar-refractivity contribution < 1.29 is 8.42 Å². The summed E-state index contributed by atoms with van der Waals surface area (Å²) in [6, 6.07) is 6.30. The second-order valence-corrected chi connectivity index (χ2v) is 5.71. The third-order valence-corrected chi connectivity index (χ3v) is 3.65. The van der Waals surface area contributed by atoms with Crippen LogP contribution in [0.4, 0.5) is 5.69 Å². The smallest absolute Gasteiger partial charge is 0.277 e. The van der Waals surface area contributed by atoms with Crippen molar-refractivity contribution in [2.45, 2.75) is 5.03 Å². The van der Waals surface area contributed by atoms with Crippen LogP contribution < -0.4 is 4.72 Å². The van der Waals surface area contributed by atoms with E-state index < -0.39 is 10.0 Å². The van der Waals surface area contributed by atoms with Crippen LogP contribution in [0, 0.1) is 0 Å². The minimum Gasteiger partial charge on any atom is -0.277 e. The summed E-state index contributed by atoms with van der Waals surface area (Å²) in [5.74, 6) is 0. The van der Waals surface area contributed by atoms with Gasteiger partial charge in [0.05, 0.1) is 11.9 Å². The van der Waals surface area contributed by atoms with Crippen molar-refractivity contribution in [2.75, 3.05) is 4.72 Å². The number of hydrogen-bond acceptors (Lipinski definition) is 4. The van der Waals surface area contributed by atoms with E-state index >= 15 is 0 Å². The number of halogens is 1. The standard InChI is InChI=1S/C10H8BrN3O2S/c11-8-3-4-10(13-6-8)17(15,16)14-9-2-1-5-12-7-9/h1-7,14H. The number of anilines is 1. The fourth-order valence-corrected chi connectivity index (χ4v) is 2.36. The Morgan fingerprint density at radius 2 is 2.00 bits per heavy atom. The van der Waals surface area contributed by atoms with Crippen molar-refractivity contribution >= 4 is 31.6 Å². The highest BCUT2D eigenvalue weighted by atomic mass is 79.9. The number of pyridine rings is 2. The van der Waals surface area contributed by atoms with E-state index in [4.69, 9.17) is 0 Å². The minimum atomic E-state index is -3.65. The predicted octanol–water partition coefficient (Wildman–Crippen LogP) is 2.04. The van der Waals surface area contributed by atoms with E-state index in [1.807, 2.05) is 0 Å². The van der Waals surface area contributed by atoms with Gasteiger partial charge in [-0.3, -0.25) is 9.71 Å². The first-order valence-electron chi connectivity index (χ1n) is 4.62. The van der Waals surface area contributed by atoms with Crippen LogP contribution in [0.3, 0.4) is 0 Å². The molecule has 0 unspecified atom stereocenters. The zero-order valence-electron chi connectivity index (χ0n) is 8.54. The molecule has 0 aliphatic rings. The number of nitrogens with zero attached hydrogens (tertiary/aromatic N) is 2. The van der Waals surface area contributed by atoms with E-state index in [9.17, 15) is 8.42 Å². The van der Waals surface area contributed by atoms with Crippen molar-refractivity contribution in [3.8, 4) is 0 Å². The first-order chi connectivity index (χ1) is 8.08. The molecular formula is C10H8BrN3O2S. The molecule has 0 amide bonds. The quantitative estimate of drug-likeness (QED) is 0.941. The fraction of sp³-hybridized carbons (Fsp3) is 0. The van der Waals surface area contributed by atoms with Crippen LogP contribution in [0.25, 0.3) is 0 Å². The van der Waals surface area contributed by atoms with Gasteiger partial charge in [-0.2, -0.15) is 8.42 Å². The normalized spacial score (nSPS) is 11.1. The summed E-state index contributed by atoms with van der Waals surface area (Å²) in [5, 5.41) is -0.0375. The average Bonchev–Trinajstić information content (AvgIpc) is 2.30. The van der Waals surface area contributed by atoms with Crippen molar-refractivity contribution in [1.29, 1.82) is 0 Å². The first kappa shape index (κ1) is 12.0. The van der Waals surface area contributed by atoms with Gasteiger partial charge in [0.1, 0.15) is 0 Å². The lowest BCUT2D eigenvalue weighted by molar-refractivity contribution is 0.597. The Morgan fingerprint density at radius 1 is 1.18 bits per heavy atom. The van der Waals surface area contributed by atoms with E-state index in [0.29, 0.717) is 5.69 Å². The lowest BCUT2D eigenvalue weighted by Crippen LogP contribution is -2.14. The minimum absolute atomic E-state index is 0.0375. The van der Waals surface area contributed by atoms with Crippen LogP contribution >= 0.6 is 15.9 Å². The Bertz CT molecular complexity index is 599. The molecule has 0 aromatic carbocycles. The Kier molecular flexibility index (Phi) is 3.39. The number of rotatable bonds is 3. The summed E-state index contributed by atoms with van der Waals surface area (Å²) >= 11 is 3.19. The first-order valence-corrected chi connectivity index (χ1v) is 6.90. The van der Waals surface area contributed by atoms with Gasteiger partial charge in [-0.15, -0.1) is 0 Å². The van der Waals surface area contributed by atoms with Gasteiger partial charge in [0.25, 0.3) is 10.0 Å². The molecule has 2 rings (SSSR count). The summed E-state index contributed by atoms with van der Waals surface area (Å²) in [6.07, 6.45) is 4.42. The van der Waals surface area contributed by atoms with Gasteiger partial charge in [-0.1, -0.05) is 0 Å². The van der Waals surface area contributed by atoms with Crippen LogP contribution in [-0.2, 0) is 10.0 Å². The van der Waals surface area contributed by atoms with Crippen molar-refractivity contribution in [1.82, 2.24) is 9.97 Å². The molecular weight excluding hydrogens is 306 g/mol. The highest BCUT2D eigenvalue weighted by Gasteiger charge is 2.15. The van der Waals surface area contributed by atoms with E-state index in [0.717, 1.165) is 4.47 Å². The molecule has 0 aliphatic heterocycles. The summed E-state index contributed by atoms with van der Waals surface area (Å²) in [5.41, 5.74) is 0.400. The molecule has 0 aliphatic carbocycles. The fourth-order valence-electron chi connectivity index (χ4n) is 1.15. The van der Waals surface area contributed by atoms with Gasteiger partial charge < -0.3 is 0 Å². The zero-order chi connectivity index (χ0) is 12.3. The Labute approximate surface area is 107 Å². The maximum absolute atomic E-state index is 11.9. The molecule has 0 atom stereocenters. The number of hydrogen-bond donors (Lipinski definition) is 1. The summed E-state index contributed by atoms with van der Waals surface area (Å²) in [7, 11) is -3.65. The maximum Gasteiger partial charge on any atom is 0.279 e. The van der Waals surface area contributed by atoms with E-state index in [1.165, 1.54) is 18.5 Å². The van der Waals surface area contributed by atoms with Crippen molar-refractivity contribution in [3.63, 3.8) is 0 Å². The molecule has 0 bridgehead atoms. The van der Waals surface area contributed by atoms with E-state index in [-0.39, 0.29) is 5.03 Å². The third-order valence-electron chi connectivity index (χ3n) is 1.89. The van der Waals surface area contributed by atoms with E-state index in [2.05, 4.69) is 30.6 Å². The monoisotopic (exact) mass is 313 g/mol. The van der Waals surface area contributed by atoms with Gasteiger partial charge in [-0.05, 0) is 40.2 Å². The van der Waals surface area contributed by atoms with Gasteiger partial charge >= 0.3 is 0 Å². The molecule has 7 heteroatoms. The SMILES string of the molecule is O=S(=O)(Nc1cccnc1)c1ccc(Br)cn1. The molecule has 2 aromatic rings. The molecule has 88 valence electrons. The van der Waals surface area contributed by atoms with E-state index in [1.54, 1.807) is 24.4 Å². The molecule has 1 N–H and O–H groups in total. The van der Waals surface area contributed by atoms with Gasteiger partial charge in [0.2, 0.25) is 0 Å². The maximum atomic E-state index is 11.9. The lowest BCUT2D eigenvalue weighted by atomic mass is 10.4. The van der Waals surface area contributed by atoms with Crippen LogP contribution in [0.5, 0.6) is 0 Å². The van der Waals surface area contributed by atoms with Crippen molar-refractivity contribution in [3.05, 3.63) is 47.3 Å². The Hall–Kier alpha value is -1.47. The second-order valence-electron chi connectivity index (χ2n) is 3.16. The molecule has 0 radical (unpaired) electrons. The summed E-state index contributed by atoms with van der Waals surface area (Å²) in [4.78, 5) is 7.65. The second kappa shape index (κ2) is 4.80. The molecule has 0 saturated carbocycles. The Balaban J connectivity index is 2.29. The lowest BCUT2D eigenvalue weighted by Gasteiger charge is -2.06. The number of aromatic nitrogens is 2. The summed E-state index contributed by atoms with van der Waals surface area (Å²) < 4.78 is 26.9. The molecule has 2 aromatic heterocycles. The molecule has 0 saturated heterocycles. The van der Waals surface area contributed by atoms with Crippen LogP contribution in [0.1, 0.15) is 0 Å². The topological polar surface area (TPSA) is 72.0 Å². The third kappa shape index (κ3) is 3.01. The molecule has 0 spiro atoms. The summed E-state index contributed by atoms with van der Waals surface area (Å²) in [6.45, 7) is 0. The molecule has 17 heavy (non-hydrogen) atoms. The zero-order valence-corrected chi connectivity index (χ0v) is 10.9. The van der Waals surface area contributed by atoms with Gasteiger partial charge in [-0.25, -0.2) is 4.98 Å². The highest BCUT2D eigenvalue weighted by molar-refractivity contribution is 9.10. The van der Waals surface area contributed by atoms with Crippen LogP contribution in [0.15, 0.2) is 52.4 Å². The van der Waals surface area contributed by atoms with Gasteiger partial charge in [0, 0.05) is 16.9 Å². The average molecular weight is 314 g/mol. The highest BCUT2D eigenvalue weighted by Crippen LogP contribution is 2.15. The van der Waals surface area contributed by atoms with Crippen molar-refractivity contribution in [2.24, 2.45) is 0 Å². The molecule has 2 heterocycles.